The fraction of sp³-hybridized carbons (Fsp3) is 0.172. The number of allylic oxidation sites excluding steroid dienone is 1. The van der Waals surface area contributed by atoms with Crippen molar-refractivity contribution < 1.29 is 19.1 Å². The number of fused-ring (bicyclic) bond motifs is 2. The molecule has 0 radical (unpaired) electrons. The molecule has 3 aromatic carbocycles. The summed E-state index contributed by atoms with van der Waals surface area (Å²) in [6.07, 6.45) is 1.87. The molecule has 0 fully saturated rings. The van der Waals surface area contributed by atoms with Crippen molar-refractivity contribution >= 4 is 40.1 Å². The maximum absolute atomic E-state index is 13.8. The van der Waals surface area contributed by atoms with Crippen LogP contribution in [-0.4, -0.2) is 23.1 Å². The first-order valence-corrected chi connectivity index (χ1v) is 12.6. The molecule has 186 valence electrons. The Balaban J connectivity index is 1.70. The molecule has 0 saturated heterocycles. The Morgan fingerprint density at radius 3 is 2.51 bits per heavy atom. The van der Waals surface area contributed by atoms with Crippen molar-refractivity contribution in [1.82, 2.24) is 4.57 Å². The summed E-state index contributed by atoms with van der Waals surface area (Å²) in [5, 5.41) is 2.12. The molecule has 5 rings (SSSR count). The van der Waals surface area contributed by atoms with Crippen molar-refractivity contribution in [2.24, 2.45) is 4.99 Å². The van der Waals surface area contributed by atoms with Gasteiger partial charge in [-0.25, -0.2) is 9.79 Å². The SMILES string of the molecule is CCOC(=O)C1=C(C)N=c2s/c(=C\c3cccc4ccccc34)c(=O)n2C1c1ccc(OC(C)=O)cc1. The van der Waals surface area contributed by atoms with E-state index in [9.17, 15) is 14.4 Å². The van der Waals surface area contributed by atoms with E-state index in [1.807, 2.05) is 48.5 Å². The molecular formula is C29H24N2O5S. The quantitative estimate of drug-likeness (QED) is 0.299. The van der Waals surface area contributed by atoms with E-state index in [0.717, 1.165) is 16.3 Å². The van der Waals surface area contributed by atoms with Gasteiger partial charge >= 0.3 is 11.9 Å². The Hall–Kier alpha value is -4.30. The topological polar surface area (TPSA) is 87.0 Å². The van der Waals surface area contributed by atoms with Crippen LogP contribution in [0.2, 0.25) is 0 Å². The number of thiazole rings is 1. The molecule has 1 aliphatic heterocycles. The second-order valence-electron chi connectivity index (χ2n) is 8.53. The highest BCUT2D eigenvalue weighted by Crippen LogP contribution is 2.31. The normalized spacial score (nSPS) is 15.3. The van der Waals surface area contributed by atoms with E-state index in [0.29, 0.717) is 31.9 Å². The molecule has 0 N–H and O–H groups in total. The fourth-order valence-electron chi connectivity index (χ4n) is 4.51. The Labute approximate surface area is 216 Å². The molecule has 8 heteroatoms. The van der Waals surface area contributed by atoms with Gasteiger partial charge in [0.2, 0.25) is 0 Å². The zero-order chi connectivity index (χ0) is 26.1. The summed E-state index contributed by atoms with van der Waals surface area (Å²) in [4.78, 5) is 43.3. The van der Waals surface area contributed by atoms with Crippen LogP contribution >= 0.6 is 11.3 Å². The summed E-state index contributed by atoms with van der Waals surface area (Å²) in [5.41, 5.74) is 2.13. The highest BCUT2D eigenvalue weighted by molar-refractivity contribution is 7.07. The van der Waals surface area contributed by atoms with Crippen LogP contribution in [0.1, 0.15) is 37.9 Å². The van der Waals surface area contributed by atoms with Crippen LogP contribution in [0.15, 0.2) is 87.8 Å². The van der Waals surface area contributed by atoms with Crippen LogP contribution in [0.25, 0.3) is 16.8 Å². The second kappa shape index (κ2) is 9.99. The highest BCUT2D eigenvalue weighted by atomic mass is 32.1. The molecule has 4 aromatic rings. The molecule has 0 spiro atoms. The van der Waals surface area contributed by atoms with E-state index < -0.39 is 18.0 Å². The van der Waals surface area contributed by atoms with Crippen molar-refractivity contribution in [3.63, 3.8) is 0 Å². The van der Waals surface area contributed by atoms with Gasteiger partial charge in [0.05, 0.1) is 28.5 Å². The van der Waals surface area contributed by atoms with Gasteiger partial charge in [0.25, 0.3) is 5.56 Å². The highest BCUT2D eigenvalue weighted by Gasteiger charge is 2.33. The first-order chi connectivity index (χ1) is 17.9. The second-order valence-corrected chi connectivity index (χ2v) is 9.54. The van der Waals surface area contributed by atoms with Crippen molar-refractivity contribution in [2.45, 2.75) is 26.8 Å². The van der Waals surface area contributed by atoms with Gasteiger partial charge in [0.1, 0.15) is 5.75 Å². The predicted octanol–water partition coefficient (Wildman–Crippen LogP) is 3.88. The van der Waals surface area contributed by atoms with Crippen LogP contribution in [0.3, 0.4) is 0 Å². The summed E-state index contributed by atoms with van der Waals surface area (Å²) in [5.74, 6) is -0.587. The van der Waals surface area contributed by atoms with Crippen LogP contribution in [-0.2, 0) is 14.3 Å². The number of hydrogen-bond donors (Lipinski definition) is 0. The molecule has 1 aromatic heterocycles. The number of carbonyl (C=O) groups is 2. The minimum absolute atomic E-state index is 0.194. The number of rotatable bonds is 5. The third kappa shape index (κ3) is 4.63. The summed E-state index contributed by atoms with van der Waals surface area (Å²) >= 11 is 1.28. The van der Waals surface area contributed by atoms with Gasteiger partial charge in [-0.15, -0.1) is 0 Å². The summed E-state index contributed by atoms with van der Waals surface area (Å²) < 4.78 is 12.5. The number of nitrogens with zero attached hydrogens (tertiary/aromatic N) is 2. The van der Waals surface area contributed by atoms with Crippen molar-refractivity contribution in [3.8, 4) is 5.75 Å². The lowest BCUT2D eigenvalue weighted by atomic mass is 9.96. The molecule has 1 aliphatic rings. The molecule has 1 unspecified atom stereocenters. The summed E-state index contributed by atoms with van der Waals surface area (Å²) in [7, 11) is 0. The van der Waals surface area contributed by atoms with Gasteiger partial charge in [-0.3, -0.25) is 14.2 Å². The average Bonchev–Trinajstić information content (AvgIpc) is 3.18. The lowest BCUT2D eigenvalue weighted by molar-refractivity contribution is -0.139. The number of esters is 2. The van der Waals surface area contributed by atoms with E-state index in [-0.39, 0.29) is 12.2 Å². The monoisotopic (exact) mass is 512 g/mol. The molecule has 0 saturated carbocycles. The van der Waals surface area contributed by atoms with E-state index in [1.165, 1.54) is 18.3 Å². The summed E-state index contributed by atoms with van der Waals surface area (Å²) in [6, 6.07) is 20.0. The Morgan fingerprint density at radius 2 is 1.78 bits per heavy atom. The Kier molecular flexibility index (Phi) is 6.58. The zero-order valence-corrected chi connectivity index (χ0v) is 21.4. The Bertz CT molecular complexity index is 1740. The molecule has 0 aliphatic carbocycles. The first kappa shape index (κ1) is 24.4. The van der Waals surface area contributed by atoms with Gasteiger partial charge in [-0.05, 0) is 54.0 Å². The van der Waals surface area contributed by atoms with E-state index in [2.05, 4.69) is 4.99 Å². The third-order valence-electron chi connectivity index (χ3n) is 6.08. The molecular weight excluding hydrogens is 488 g/mol. The standard InChI is InChI=1S/C29H24N2O5S/c1-4-35-28(34)25-17(2)30-29-31(26(25)20-12-14-22(15-13-20)36-18(3)32)27(33)24(37-29)16-21-10-7-9-19-8-5-6-11-23(19)21/h5-16,26H,4H2,1-3H3/b24-16-. The molecule has 2 heterocycles. The van der Waals surface area contributed by atoms with Gasteiger partial charge in [-0.2, -0.15) is 0 Å². The van der Waals surface area contributed by atoms with Gasteiger partial charge < -0.3 is 9.47 Å². The number of aromatic nitrogens is 1. The zero-order valence-electron chi connectivity index (χ0n) is 20.6. The minimum Gasteiger partial charge on any atom is -0.463 e. The van der Waals surface area contributed by atoms with Gasteiger partial charge in [-0.1, -0.05) is 65.9 Å². The fourth-order valence-corrected chi connectivity index (χ4v) is 5.55. The lowest BCUT2D eigenvalue weighted by Crippen LogP contribution is -2.39. The number of carbonyl (C=O) groups excluding carboxylic acids is 2. The largest absolute Gasteiger partial charge is 0.463 e. The molecule has 0 amide bonds. The van der Waals surface area contributed by atoms with Crippen LogP contribution in [0.5, 0.6) is 5.75 Å². The van der Waals surface area contributed by atoms with Crippen molar-refractivity contribution in [3.05, 3.63) is 109 Å². The average molecular weight is 513 g/mol. The smallest absolute Gasteiger partial charge is 0.338 e. The first-order valence-electron chi connectivity index (χ1n) is 11.8. The maximum Gasteiger partial charge on any atom is 0.338 e. The van der Waals surface area contributed by atoms with Crippen LogP contribution in [0.4, 0.5) is 0 Å². The van der Waals surface area contributed by atoms with Crippen LogP contribution in [0, 0.1) is 0 Å². The number of hydrogen-bond acceptors (Lipinski definition) is 7. The van der Waals surface area contributed by atoms with Crippen LogP contribution < -0.4 is 19.6 Å². The number of ether oxygens (including phenoxy) is 2. The maximum atomic E-state index is 13.8. The third-order valence-corrected chi connectivity index (χ3v) is 7.07. The van der Waals surface area contributed by atoms with Crippen molar-refractivity contribution in [1.29, 1.82) is 0 Å². The molecule has 1 atom stereocenters. The molecule has 37 heavy (non-hydrogen) atoms. The van der Waals surface area contributed by atoms with Gasteiger partial charge in [0.15, 0.2) is 4.80 Å². The molecule has 7 nitrogen and oxygen atoms in total. The summed E-state index contributed by atoms with van der Waals surface area (Å²) in [6.45, 7) is 5.00. The lowest BCUT2D eigenvalue weighted by Gasteiger charge is -2.24. The predicted molar refractivity (Wildman–Crippen MR) is 142 cm³/mol. The minimum atomic E-state index is -0.739. The van der Waals surface area contributed by atoms with E-state index in [4.69, 9.17) is 9.47 Å². The van der Waals surface area contributed by atoms with E-state index in [1.54, 1.807) is 42.7 Å². The van der Waals surface area contributed by atoms with Gasteiger partial charge in [0, 0.05) is 6.92 Å². The van der Waals surface area contributed by atoms with Crippen molar-refractivity contribution in [2.75, 3.05) is 6.61 Å². The van der Waals surface area contributed by atoms with E-state index >= 15 is 0 Å². The number of benzene rings is 3. The Morgan fingerprint density at radius 1 is 1.05 bits per heavy atom. The molecule has 0 bridgehead atoms.